The summed E-state index contributed by atoms with van der Waals surface area (Å²) in [6.07, 6.45) is 71.0. The summed E-state index contributed by atoms with van der Waals surface area (Å²) in [5, 5.41) is 0. The Kier molecular flexibility index (Phi) is 51.5. The quantitative estimate of drug-likeness (QED) is 0.0349. The van der Waals surface area contributed by atoms with Crippen LogP contribution in [0.25, 0.3) is 0 Å². The lowest BCUT2D eigenvalue weighted by Gasteiger charge is -2.06. The minimum atomic E-state index is 0.0189. The third kappa shape index (κ3) is 51.2. The van der Waals surface area contributed by atoms with Crippen molar-refractivity contribution in [2.75, 3.05) is 6.61 Å². The van der Waals surface area contributed by atoms with Crippen LogP contribution in [0.2, 0.25) is 0 Å². The van der Waals surface area contributed by atoms with Gasteiger partial charge in [0.15, 0.2) is 0 Å². The second-order valence-electron chi connectivity index (χ2n) is 18.2. The number of allylic oxidation sites excluding steroid dienone is 2. The van der Waals surface area contributed by atoms with Gasteiger partial charge in [-0.25, -0.2) is 0 Å². The molecule has 0 heterocycles. The van der Waals surface area contributed by atoms with Crippen LogP contribution in [0.5, 0.6) is 0 Å². The highest BCUT2D eigenvalue weighted by Crippen LogP contribution is 2.18. The molecule has 0 radical (unpaired) electrons. The smallest absolute Gasteiger partial charge is 0.305 e. The Morgan fingerprint density at radius 2 is 0.518 bits per heavy atom. The first-order valence-electron chi connectivity index (χ1n) is 26.6. The minimum Gasteiger partial charge on any atom is -0.466 e. The van der Waals surface area contributed by atoms with Crippen LogP contribution in [-0.2, 0) is 9.53 Å². The van der Waals surface area contributed by atoms with Crippen molar-refractivity contribution in [3.63, 3.8) is 0 Å². The molecule has 0 atom stereocenters. The maximum absolute atomic E-state index is 12.0. The van der Waals surface area contributed by atoms with Crippen LogP contribution in [0.1, 0.15) is 322 Å². The zero-order chi connectivity index (χ0) is 40.3. The molecular weight excluding hydrogens is 681 g/mol. The molecule has 0 saturated heterocycles. The van der Waals surface area contributed by atoms with Gasteiger partial charge in [-0.15, -0.1) is 0 Å². The van der Waals surface area contributed by atoms with Crippen LogP contribution in [0.4, 0.5) is 0 Å². The fraction of sp³-hybridized carbons (Fsp3) is 0.944. The van der Waals surface area contributed by atoms with Crippen molar-refractivity contribution < 1.29 is 9.53 Å². The van der Waals surface area contributed by atoms with Crippen LogP contribution >= 0.6 is 0 Å². The van der Waals surface area contributed by atoms with Gasteiger partial charge >= 0.3 is 5.97 Å². The number of ether oxygens (including phenoxy) is 1. The highest BCUT2D eigenvalue weighted by Gasteiger charge is 2.03. The SMILES string of the molecule is CCCC/C=C\CCCCCCCC(=O)OCCCCCCCCCCCCCCCCCCCCCCCCCCCCCCCCCCCCCCCC. The molecule has 0 saturated carbocycles. The normalized spacial score (nSPS) is 11.7. The van der Waals surface area contributed by atoms with E-state index in [9.17, 15) is 4.79 Å². The van der Waals surface area contributed by atoms with E-state index in [1.54, 1.807) is 0 Å². The molecule has 2 heteroatoms. The van der Waals surface area contributed by atoms with Gasteiger partial charge in [0.25, 0.3) is 0 Å². The van der Waals surface area contributed by atoms with Crippen molar-refractivity contribution in [3.05, 3.63) is 12.2 Å². The number of carbonyl (C=O) groups is 1. The molecule has 2 nitrogen and oxygen atoms in total. The standard InChI is InChI=1S/C54H106O2/c1-3-5-7-9-11-13-15-16-17-18-19-20-21-22-23-24-25-26-27-28-29-30-31-32-33-34-35-36-37-38-39-40-41-43-45-47-49-51-53-56-54(55)52-50-48-46-44-42-14-12-10-8-6-4-2/h10,12H,3-9,11,13-53H2,1-2H3/b12-10-. The number of unbranched alkanes of at least 4 members (excludes halogenated alkanes) is 44. The first-order valence-corrected chi connectivity index (χ1v) is 26.6. The van der Waals surface area contributed by atoms with Crippen molar-refractivity contribution in [1.82, 2.24) is 0 Å². The molecule has 0 aliphatic heterocycles. The van der Waals surface area contributed by atoms with Crippen molar-refractivity contribution in [2.24, 2.45) is 0 Å². The highest BCUT2D eigenvalue weighted by atomic mass is 16.5. The fourth-order valence-corrected chi connectivity index (χ4v) is 8.42. The maximum Gasteiger partial charge on any atom is 0.305 e. The van der Waals surface area contributed by atoms with E-state index in [1.165, 1.54) is 283 Å². The lowest BCUT2D eigenvalue weighted by atomic mass is 10.0. The summed E-state index contributed by atoms with van der Waals surface area (Å²) in [5.41, 5.74) is 0. The molecule has 0 fully saturated rings. The van der Waals surface area contributed by atoms with Gasteiger partial charge in [-0.3, -0.25) is 4.79 Å². The van der Waals surface area contributed by atoms with Crippen molar-refractivity contribution in [1.29, 1.82) is 0 Å². The van der Waals surface area contributed by atoms with E-state index >= 15 is 0 Å². The van der Waals surface area contributed by atoms with E-state index in [-0.39, 0.29) is 5.97 Å². The largest absolute Gasteiger partial charge is 0.466 e. The first kappa shape index (κ1) is 55.2. The van der Waals surface area contributed by atoms with Crippen molar-refractivity contribution >= 4 is 5.97 Å². The number of hydrogen-bond donors (Lipinski definition) is 0. The molecule has 0 aromatic rings. The van der Waals surface area contributed by atoms with Crippen LogP contribution in [0, 0.1) is 0 Å². The predicted molar refractivity (Wildman–Crippen MR) is 253 cm³/mol. The summed E-state index contributed by atoms with van der Waals surface area (Å²) in [7, 11) is 0. The summed E-state index contributed by atoms with van der Waals surface area (Å²) in [6.45, 7) is 5.18. The van der Waals surface area contributed by atoms with Gasteiger partial charge in [-0.05, 0) is 32.1 Å². The summed E-state index contributed by atoms with van der Waals surface area (Å²) in [6, 6.07) is 0. The molecule has 0 spiro atoms. The Hall–Kier alpha value is -0.790. The maximum atomic E-state index is 12.0. The number of carbonyl (C=O) groups excluding carboxylic acids is 1. The monoisotopic (exact) mass is 787 g/mol. The second kappa shape index (κ2) is 52.2. The average Bonchev–Trinajstić information content (AvgIpc) is 3.20. The fourth-order valence-electron chi connectivity index (χ4n) is 8.42. The van der Waals surface area contributed by atoms with Crippen LogP contribution in [0.3, 0.4) is 0 Å². The second-order valence-corrected chi connectivity index (χ2v) is 18.2. The highest BCUT2D eigenvalue weighted by molar-refractivity contribution is 5.69. The Morgan fingerprint density at radius 1 is 0.286 bits per heavy atom. The first-order chi connectivity index (χ1) is 27.8. The van der Waals surface area contributed by atoms with E-state index < -0.39 is 0 Å². The van der Waals surface area contributed by atoms with Gasteiger partial charge in [-0.1, -0.05) is 296 Å². The summed E-state index contributed by atoms with van der Waals surface area (Å²) in [5.74, 6) is 0.0189. The predicted octanol–water partition coefficient (Wildman–Crippen LogP) is 19.9. The zero-order valence-electron chi connectivity index (χ0n) is 39.1. The van der Waals surface area contributed by atoms with Crippen molar-refractivity contribution in [3.8, 4) is 0 Å². The van der Waals surface area contributed by atoms with Gasteiger partial charge in [0.1, 0.15) is 0 Å². The molecule has 0 amide bonds. The topological polar surface area (TPSA) is 26.3 Å². The molecule has 0 aromatic heterocycles. The molecule has 334 valence electrons. The van der Waals surface area contributed by atoms with Gasteiger partial charge in [0.2, 0.25) is 0 Å². The minimum absolute atomic E-state index is 0.0189. The Labute approximate surface area is 355 Å². The number of hydrogen-bond acceptors (Lipinski definition) is 2. The van der Waals surface area contributed by atoms with Crippen LogP contribution < -0.4 is 0 Å². The lowest BCUT2D eigenvalue weighted by Crippen LogP contribution is -2.05. The molecule has 0 rings (SSSR count). The third-order valence-electron chi connectivity index (χ3n) is 12.4. The Bertz CT molecular complexity index is 728. The Balaban J connectivity index is 3.12. The molecule has 0 aliphatic carbocycles. The zero-order valence-corrected chi connectivity index (χ0v) is 39.1. The molecular formula is C54H106O2. The van der Waals surface area contributed by atoms with E-state index in [2.05, 4.69) is 26.0 Å². The van der Waals surface area contributed by atoms with Gasteiger partial charge in [0, 0.05) is 6.42 Å². The molecule has 0 unspecified atom stereocenters. The molecule has 0 aromatic carbocycles. The van der Waals surface area contributed by atoms with E-state index in [0.717, 1.165) is 19.3 Å². The average molecular weight is 787 g/mol. The lowest BCUT2D eigenvalue weighted by molar-refractivity contribution is -0.143. The van der Waals surface area contributed by atoms with Gasteiger partial charge in [-0.2, -0.15) is 0 Å². The van der Waals surface area contributed by atoms with E-state index in [4.69, 9.17) is 4.74 Å². The summed E-state index contributed by atoms with van der Waals surface area (Å²) >= 11 is 0. The Morgan fingerprint density at radius 3 is 0.821 bits per heavy atom. The molecule has 0 aliphatic rings. The molecule has 0 bridgehead atoms. The van der Waals surface area contributed by atoms with Crippen LogP contribution in [-0.4, -0.2) is 12.6 Å². The molecule has 0 N–H and O–H groups in total. The van der Waals surface area contributed by atoms with E-state index in [0.29, 0.717) is 13.0 Å². The van der Waals surface area contributed by atoms with E-state index in [1.807, 2.05) is 0 Å². The van der Waals surface area contributed by atoms with Crippen molar-refractivity contribution in [2.45, 2.75) is 322 Å². The number of rotatable bonds is 50. The number of esters is 1. The third-order valence-corrected chi connectivity index (χ3v) is 12.4. The summed E-state index contributed by atoms with van der Waals surface area (Å²) in [4.78, 5) is 12.0. The van der Waals surface area contributed by atoms with Gasteiger partial charge < -0.3 is 4.74 Å². The summed E-state index contributed by atoms with van der Waals surface area (Å²) < 4.78 is 5.46. The van der Waals surface area contributed by atoms with Gasteiger partial charge in [0.05, 0.1) is 6.61 Å². The van der Waals surface area contributed by atoms with Crippen LogP contribution in [0.15, 0.2) is 12.2 Å². The molecule has 56 heavy (non-hydrogen) atoms.